The monoisotopic (exact) mass is 335 g/mol. The Morgan fingerprint density at radius 2 is 2.12 bits per heavy atom. The third-order valence-electron chi connectivity index (χ3n) is 3.81. The first-order chi connectivity index (χ1) is 12.1. The highest BCUT2D eigenvalue weighted by atomic mass is 16.4. The molecule has 0 spiro atoms. The van der Waals surface area contributed by atoms with E-state index >= 15 is 0 Å². The van der Waals surface area contributed by atoms with Gasteiger partial charge in [-0.25, -0.2) is 9.78 Å². The van der Waals surface area contributed by atoms with Crippen molar-refractivity contribution >= 4 is 23.8 Å². The molecule has 0 aliphatic heterocycles. The number of rotatable bonds is 5. The van der Waals surface area contributed by atoms with Gasteiger partial charge in [0.1, 0.15) is 5.65 Å². The van der Waals surface area contributed by atoms with E-state index in [1.807, 2.05) is 25.1 Å². The number of carboxylic acids is 1. The Morgan fingerprint density at radius 1 is 1.28 bits per heavy atom. The number of pyridine rings is 2. The third kappa shape index (κ3) is 3.47. The largest absolute Gasteiger partial charge is 0.478 e. The van der Waals surface area contributed by atoms with Crippen molar-refractivity contribution in [2.24, 2.45) is 0 Å². The molecule has 0 saturated carbocycles. The van der Waals surface area contributed by atoms with Crippen LogP contribution in [0.2, 0.25) is 0 Å². The molecule has 0 saturated heterocycles. The van der Waals surface area contributed by atoms with Crippen LogP contribution in [-0.2, 0) is 6.42 Å². The molecule has 0 fully saturated rings. The molecule has 0 radical (unpaired) electrons. The average Bonchev–Trinajstić information content (AvgIpc) is 2.63. The predicted molar refractivity (Wildman–Crippen MR) is 95.6 cm³/mol. The fraction of sp³-hybridized carbons (Fsp3) is 0.158. The number of hydrogen-bond donors (Lipinski definition) is 1. The summed E-state index contributed by atoms with van der Waals surface area (Å²) in [5.74, 6) is -1.08. The van der Waals surface area contributed by atoms with Gasteiger partial charge in [-0.2, -0.15) is 0 Å². The van der Waals surface area contributed by atoms with Gasteiger partial charge in [0.15, 0.2) is 0 Å². The standard InChI is InChI=1S/C19H17N3O3/c1-2-4-15-16(8-6-13-5-3-10-20-11-13)21-17-9-7-14(19(24)25)12-22(17)18(15)23/h3,5-12H,2,4H2,1H3,(H,24,25). The van der Waals surface area contributed by atoms with E-state index in [4.69, 9.17) is 5.11 Å². The van der Waals surface area contributed by atoms with Crippen LogP contribution in [0.4, 0.5) is 0 Å². The van der Waals surface area contributed by atoms with E-state index in [2.05, 4.69) is 9.97 Å². The molecule has 126 valence electrons. The molecule has 0 aliphatic carbocycles. The van der Waals surface area contributed by atoms with Crippen LogP contribution in [0.1, 0.15) is 40.5 Å². The molecule has 3 heterocycles. The second-order valence-corrected chi connectivity index (χ2v) is 5.60. The fourth-order valence-corrected chi connectivity index (χ4v) is 2.59. The number of nitrogens with zero attached hydrogens (tertiary/aromatic N) is 3. The maximum absolute atomic E-state index is 12.8. The summed E-state index contributed by atoms with van der Waals surface area (Å²) in [6.45, 7) is 1.98. The highest BCUT2D eigenvalue weighted by Gasteiger charge is 2.12. The van der Waals surface area contributed by atoms with Gasteiger partial charge in [0.05, 0.1) is 11.3 Å². The maximum atomic E-state index is 12.8. The molecule has 0 atom stereocenters. The zero-order valence-corrected chi connectivity index (χ0v) is 13.7. The van der Waals surface area contributed by atoms with Gasteiger partial charge in [-0.15, -0.1) is 0 Å². The quantitative estimate of drug-likeness (QED) is 0.775. The molecule has 0 amide bonds. The zero-order valence-electron chi connectivity index (χ0n) is 13.7. The van der Waals surface area contributed by atoms with Crippen molar-refractivity contribution in [3.8, 4) is 0 Å². The van der Waals surface area contributed by atoms with Crippen molar-refractivity contribution in [1.29, 1.82) is 0 Å². The second kappa shape index (κ2) is 7.09. The molecule has 3 aromatic rings. The Bertz CT molecular complexity index is 1010. The van der Waals surface area contributed by atoms with Gasteiger partial charge >= 0.3 is 5.97 Å². The molecule has 3 aromatic heterocycles. The lowest BCUT2D eigenvalue weighted by atomic mass is 10.1. The first-order valence-electron chi connectivity index (χ1n) is 7.97. The minimum atomic E-state index is -1.08. The maximum Gasteiger partial charge on any atom is 0.337 e. The van der Waals surface area contributed by atoms with Crippen LogP contribution in [0.15, 0.2) is 47.7 Å². The van der Waals surface area contributed by atoms with Crippen molar-refractivity contribution in [3.63, 3.8) is 0 Å². The molecule has 6 nitrogen and oxygen atoms in total. The molecule has 0 aliphatic rings. The van der Waals surface area contributed by atoms with E-state index in [1.165, 1.54) is 16.7 Å². The summed E-state index contributed by atoms with van der Waals surface area (Å²) in [5, 5.41) is 9.12. The summed E-state index contributed by atoms with van der Waals surface area (Å²) in [6, 6.07) is 6.74. The summed E-state index contributed by atoms with van der Waals surface area (Å²) < 4.78 is 1.30. The van der Waals surface area contributed by atoms with Gasteiger partial charge < -0.3 is 5.11 Å². The van der Waals surface area contributed by atoms with Crippen molar-refractivity contribution < 1.29 is 9.90 Å². The van der Waals surface area contributed by atoms with Gasteiger partial charge in [-0.3, -0.25) is 14.2 Å². The van der Waals surface area contributed by atoms with Crippen molar-refractivity contribution in [2.75, 3.05) is 0 Å². The predicted octanol–water partition coefficient (Wildman–Crippen LogP) is 2.91. The summed E-state index contributed by atoms with van der Waals surface area (Å²) in [7, 11) is 0. The SMILES string of the molecule is CCCc1c(C=Cc2cccnc2)nc2ccc(C(=O)O)cn2c1=O. The van der Waals surface area contributed by atoms with Crippen LogP contribution >= 0.6 is 0 Å². The van der Waals surface area contributed by atoms with Crippen LogP contribution in [-0.4, -0.2) is 25.4 Å². The number of carboxylic acid groups (broad SMARTS) is 1. The van der Waals surface area contributed by atoms with Crippen molar-refractivity contribution in [3.05, 3.63) is 75.6 Å². The molecule has 0 unspecified atom stereocenters. The van der Waals surface area contributed by atoms with E-state index in [9.17, 15) is 9.59 Å². The van der Waals surface area contributed by atoms with Gasteiger partial charge in [-0.1, -0.05) is 25.5 Å². The van der Waals surface area contributed by atoms with Crippen LogP contribution in [0.3, 0.4) is 0 Å². The molecule has 0 bridgehead atoms. The van der Waals surface area contributed by atoms with Crippen LogP contribution in [0.25, 0.3) is 17.8 Å². The van der Waals surface area contributed by atoms with Crippen LogP contribution < -0.4 is 5.56 Å². The number of hydrogen-bond acceptors (Lipinski definition) is 4. The van der Waals surface area contributed by atoms with Gasteiger partial charge in [-0.05, 0) is 36.3 Å². The fourth-order valence-electron chi connectivity index (χ4n) is 2.59. The van der Waals surface area contributed by atoms with E-state index in [0.29, 0.717) is 23.3 Å². The zero-order chi connectivity index (χ0) is 17.8. The molecular weight excluding hydrogens is 318 g/mol. The first kappa shape index (κ1) is 16.6. The minimum Gasteiger partial charge on any atom is -0.478 e. The van der Waals surface area contributed by atoms with Gasteiger partial charge in [0, 0.05) is 24.2 Å². The van der Waals surface area contributed by atoms with Gasteiger partial charge in [0.2, 0.25) is 0 Å². The lowest BCUT2D eigenvalue weighted by Gasteiger charge is -2.08. The van der Waals surface area contributed by atoms with Gasteiger partial charge in [0.25, 0.3) is 5.56 Å². The third-order valence-corrected chi connectivity index (χ3v) is 3.81. The Labute approximate surface area is 144 Å². The van der Waals surface area contributed by atoms with Crippen LogP contribution in [0.5, 0.6) is 0 Å². The molecule has 0 aromatic carbocycles. The summed E-state index contributed by atoms with van der Waals surface area (Å²) in [6.07, 6.45) is 9.75. The lowest BCUT2D eigenvalue weighted by molar-refractivity contribution is 0.0696. The second-order valence-electron chi connectivity index (χ2n) is 5.60. The molecule has 6 heteroatoms. The lowest BCUT2D eigenvalue weighted by Crippen LogP contribution is -2.22. The highest BCUT2D eigenvalue weighted by Crippen LogP contribution is 2.12. The highest BCUT2D eigenvalue weighted by molar-refractivity contribution is 5.87. The molecule has 1 N–H and O–H groups in total. The van der Waals surface area contributed by atoms with E-state index in [1.54, 1.807) is 24.5 Å². The summed E-state index contributed by atoms with van der Waals surface area (Å²) >= 11 is 0. The average molecular weight is 335 g/mol. The van der Waals surface area contributed by atoms with E-state index in [0.717, 1.165) is 12.0 Å². The van der Waals surface area contributed by atoms with Crippen molar-refractivity contribution in [2.45, 2.75) is 19.8 Å². The van der Waals surface area contributed by atoms with Crippen molar-refractivity contribution in [1.82, 2.24) is 14.4 Å². The summed E-state index contributed by atoms with van der Waals surface area (Å²) in [4.78, 5) is 32.5. The molecular formula is C19H17N3O3. The minimum absolute atomic E-state index is 0.0532. The topological polar surface area (TPSA) is 84.6 Å². The first-order valence-corrected chi connectivity index (χ1v) is 7.97. The molecule has 25 heavy (non-hydrogen) atoms. The Kier molecular flexibility index (Phi) is 4.70. The number of fused-ring (bicyclic) bond motifs is 1. The Morgan fingerprint density at radius 3 is 2.80 bits per heavy atom. The van der Waals surface area contributed by atoms with E-state index in [-0.39, 0.29) is 11.1 Å². The normalized spacial score (nSPS) is 11.2. The smallest absolute Gasteiger partial charge is 0.337 e. The van der Waals surface area contributed by atoms with E-state index < -0.39 is 5.97 Å². The van der Waals surface area contributed by atoms with Crippen LogP contribution in [0, 0.1) is 0 Å². The number of carbonyl (C=O) groups is 1. The number of aromatic carboxylic acids is 1. The molecule has 3 rings (SSSR count). The summed E-state index contributed by atoms with van der Waals surface area (Å²) in [5.41, 5.74) is 2.31. The number of aromatic nitrogens is 3. The Hall–Kier alpha value is -3.28. The Balaban J connectivity index is 2.16.